The number of hydrogen-bond donors (Lipinski definition) is 0. The molecular formula is C16H12N2O5S. The van der Waals surface area contributed by atoms with Gasteiger partial charge in [0.15, 0.2) is 11.5 Å². The van der Waals surface area contributed by atoms with Crippen LogP contribution in [0, 0.1) is 10.1 Å². The zero-order chi connectivity index (χ0) is 16.7. The van der Waals surface area contributed by atoms with Crippen molar-refractivity contribution >= 4 is 29.0 Å². The first kappa shape index (κ1) is 14.8. The molecule has 1 atom stereocenters. The van der Waals surface area contributed by atoms with Crippen molar-refractivity contribution < 1.29 is 19.2 Å². The summed E-state index contributed by atoms with van der Waals surface area (Å²) in [6, 6.07) is 11.7. The van der Waals surface area contributed by atoms with Crippen LogP contribution in [0.25, 0.3) is 0 Å². The standard InChI is InChI=1S/C16H12N2O5S/c19-15-8-24-16(10-1-3-11(4-2-10)18(20)21)17(15)12-5-6-13-14(7-12)23-9-22-13/h1-7,16H,8-9H2. The number of fused-ring (bicyclic) bond motifs is 1. The van der Waals surface area contributed by atoms with Crippen molar-refractivity contribution in [2.24, 2.45) is 0 Å². The highest BCUT2D eigenvalue weighted by molar-refractivity contribution is 8.00. The molecule has 122 valence electrons. The van der Waals surface area contributed by atoms with E-state index in [-0.39, 0.29) is 23.8 Å². The highest BCUT2D eigenvalue weighted by atomic mass is 32.2. The number of amides is 1. The first-order chi connectivity index (χ1) is 11.6. The molecule has 2 aromatic rings. The van der Waals surface area contributed by atoms with Gasteiger partial charge in [0.1, 0.15) is 5.37 Å². The van der Waals surface area contributed by atoms with Gasteiger partial charge in [0.25, 0.3) is 5.69 Å². The van der Waals surface area contributed by atoms with E-state index in [9.17, 15) is 14.9 Å². The Bertz CT molecular complexity index is 824. The third-order valence-electron chi connectivity index (χ3n) is 3.89. The number of carbonyl (C=O) groups is 1. The van der Waals surface area contributed by atoms with Gasteiger partial charge in [-0.15, -0.1) is 11.8 Å². The number of carbonyl (C=O) groups excluding carboxylic acids is 1. The zero-order valence-corrected chi connectivity index (χ0v) is 13.2. The lowest BCUT2D eigenvalue weighted by Crippen LogP contribution is -2.27. The molecule has 1 fully saturated rings. The molecule has 0 saturated carbocycles. The van der Waals surface area contributed by atoms with Crippen LogP contribution in [0.5, 0.6) is 11.5 Å². The molecule has 0 aromatic heterocycles. The van der Waals surface area contributed by atoms with E-state index in [4.69, 9.17) is 9.47 Å². The number of thioether (sulfide) groups is 1. The second kappa shape index (κ2) is 5.72. The van der Waals surface area contributed by atoms with Crippen molar-refractivity contribution in [3.63, 3.8) is 0 Å². The van der Waals surface area contributed by atoms with Crippen LogP contribution in [-0.4, -0.2) is 23.4 Å². The predicted octanol–water partition coefficient (Wildman–Crippen LogP) is 3.10. The van der Waals surface area contributed by atoms with E-state index >= 15 is 0 Å². The summed E-state index contributed by atoms with van der Waals surface area (Å²) in [4.78, 5) is 24.4. The maximum Gasteiger partial charge on any atom is 0.269 e. The fourth-order valence-electron chi connectivity index (χ4n) is 2.75. The van der Waals surface area contributed by atoms with E-state index < -0.39 is 4.92 Å². The Kier molecular flexibility index (Phi) is 3.53. The molecule has 0 radical (unpaired) electrons. The Morgan fingerprint density at radius 3 is 2.62 bits per heavy atom. The SMILES string of the molecule is O=C1CSC(c2ccc([N+](=O)[O-])cc2)N1c1ccc2c(c1)OCO2. The lowest BCUT2D eigenvalue weighted by atomic mass is 10.1. The summed E-state index contributed by atoms with van der Waals surface area (Å²) >= 11 is 1.49. The summed E-state index contributed by atoms with van der Waals surface area (Å²) < 4.78 is 10.7. The van der Waals surface area contributed by atoms with Gasteiger partial charge in [-0.25, -0.2) is 0 Å². The fourth-order valence-corrected chi connectivity index (χ4v) is 3.92. The average Bonchev–Trinajstić information content (AvgIpc) is 3.20. The Morgan fingerprint density at radius 1 is 1.12 bits per heavy atom. The number of ether oxygens (including phenoxy) is 2. The predicted molar refractivity (Wildman–Crippen MR) is 88.3 cm³/mol. The number of anilines is 1. The third kappa shape index (κ3) is 2.44. The molecule has 24 heavy (non-hydrogen) atoms. The number of rotatable bonds is 3. The molecule has 2 aliphatic rings. The van der Waals surface area contributed by atoms with Crippen LogP contribution >= 0.6 is 11.8 Å². The average molecular weight is 344 g/mol. The third-order valence-corrected chi connectivity index (χ3v) is 5.10. The summed E-state index contributed by atoms with van der Waals surface area (Å²) in [7, 11) is 0. The van der Waals surface area contributed by atoms with E-state index in [0.717, 1.165) is 11.3 Å². The van der Waals surface area contributed by atoms with E-state index in [0.29, 0.717) is 17.3 Å². The number of hydrogen-bond acceptors (Lipinski definition) is 6. The second-order valence-corrected chi connectivity index (χ2v) is 6.38. The van der Waals surface area contributed by atoms with E-state index in [1.54, 1.807) is 29.2 Å². The largest absolute Gasteiger partial charge is 0.454 e. The van der Waals surface area contributed by atoms with Crippen LogP contribution < -0.4 is 14.4 Å². The Hall–Kier alpha value is -2.74. The molecule has 1 amide bonds. The highest BCUT2D eigenvalue weighted by Crippen LogP contribution is 2.44. The van der Waals surface area contributed by atoms with Crippen LogP contribution in [0.3, 0.4) is 0 Å². The Morgan fingerprint density at radius 2 is 1.88 bits per heavy atom. The summed E-state index contributed by atoms with van der Waals surface area (Å²) in [5, 5.41) is 10.6. The molecule has 2 aromatic carbocycles. The number of nitro groups is 1. The summed E-state index contributed by atoms with van der Waals surface area (Å²) in [5.74, 6) is 1.61. The van der Waals surface area contributed by atoms with Gasteiger partial charge in [-0.3, -0.25) is 19.8 Å². The van der Waals surface area contributed by atoms with Gasteiger partial charge in [-0.05, 0) is 29.8 Å². The molecule has 0 aliphatic carbocycles. The number of nitrogens with zero attached hydrogens (tertiary/aromatic N) is 2. The molecular weight excluding hydrogens is 332 g/mol. The van der Waals surface area contributed by atoms with Gasteiger partial charge in [-0.2, -0.15) is 0 Å². The smallest absolute Gasteiger partial charge is 0.269 e. The van der Waals surface area contributed by atoms with Crippen molar-refractivity contribution in [2.75, 3.05) is 17.4 Å². The van der Waals surface area contributed by atoms with Gasteiger partial charge in [0, 0.05) is 23.9 Å². The van der Waals surface area contributed by atoms with Gasteiger partial charge >= 0.3 is 0 Å². The van der Waals surface area contributed by atoms with Crippen LogP contribution in [0.2, 0.25) is 0 Å². The maximum atomic E-state index is 12.4. The second-order valence-electron chi connectivity index (χ2n) is 5.31. The lowest BCUT2D eigenvalue weighted by Gasteiger charge is -2.24. The molecule has 1 unspecified atom stereocenters. The van der Waals surface area contributed by atoms with Crippen LogP contribution in [0.4, 0.5) is 11.4 Å². The minimum Gasteiger partial charge on any atom is -0.454 e. The van der Waals surface area contributed by atoms with Crippen molar-refractivity contribution in [2.45, 2.75) is 5.37 Å². The zero-order valence-electron chi connectivity index (χ0n) is 12.4. The number of nitro benzene ring substituents is 1. The van der Waals surface area contributed by atoms with Gasteiger partial charge in [-0.1, -0.05) is 0 Å². The van der Waals surface area contributed by atoms with Gasteiger partial charge in [0.05, 0.1) is 10.7 Å². The summed E-state index contributed by atoms with van der Waals surface area (Å²) in [6.07, 6.45) is 0. The Labute approximate surface area is 141 Å². The molecule has 0 bridgehead atoms. The molecule has 0 N–H and O–H groups in total. The highest BCUT2D eigenvalue weighted by Gasteiger charge is 2.35. The lowest BCUT2D eigenvalue weighted by molar-refractivity contribution is -0.384. The summed E-state index contributed by atoms with van der Waals surface area (Å²) in [6.45, 7) is 0.174. The van der Waals surface area contributed by atoms with E-state index in [1.807, 2.05) is 6.07 Å². The minimum absolute atomic E-state index is 0.0118. The molecule has 4 rings (SSSR count). The van der Waals surface area contributed by atoms with Crippen LogP contribution in [0.15, 0.2) is 42.5 Å². The molecule has 1 saturated heterocycles. The Balaban J connectivity index is 1.68. The van der Waals surface area contributed by atoms with E-state index in [1.165, 1.54) is 23.9 Å². The normalized spacial score (nSPS) is 18.9. The molecule has 8 heteroatoms. The van der Waals surface area contributed by atoms with Gasteiger partial charge < -0.3 is 9.47 Å². The maximum absolute atomic E-state index is 12.4. The number of non-ortho nitro benzene ring substituents is 1. The molecule has 0 spiro atoms. The molecule has 2 aliphatic heterocycles. The van der Waals surface area contributed by atoms with E-state index in [2.05, 4.69) is 0 Å². The fraction of sp³-hybridized carbons (Fsp3) is 0.188. The first-order valence-corrected chi connectivity index (χ1v) is 8.26. The van der Waals surface area contributed by atoms with Crippen LogP contribution in [-0.2, 0) is 4.79 Å². The first-order valence-electron chi connectivity index (χ1n) is 7.21. The topological polar surface area (TPSA) is 81.9 Å². The summed E-state index contributed by atoms with van der Waals surface area (Å²) in [5.41, 5.74) is 1.59. The monoisotopic (exact) mass is 344 g/mol. The number of benzene rings is 2. The van der Waals surface area contributed by atoms with Crippen molar-refractivity contribution in [1.82, 2.24) is 0 Å². The van der Waals surface area contributed by atoms with Crippen molar-refractivity contribution in [3.05, 3.63) is 58.1 Å². The van der Waals surface area contributed by atoms with Gasteiger partial charge in [0.2, 0.25) is 12.7 Å². The minimum atomic E-state index is -0.438. The van der Waals surface area contributed by atoms with Crippen molar-refractivity contribution in [3.8, 4) is 11.5 Å². The quantitative estimate of drug-likeness (QED) is 0.628. The molecule has 7 nitrogen and oxygen atoms in total. The molecule has 2 heterocycles. The van der Waals surface area contributed by atoms with Crippen LogP contribution in [0.1, 0.15) is 10.9 Å². The van der Waals surface area contributed by atoms with Crippen molar-refractivity contribution in [1.29, 1.82) is 0 Å².